The predicted octanol–water partition coefficient (Wildman–Crippen LogP) is 4.75. The zero-order valence-electron chi connectivity index (χ0n) is 13.5. The maximum Gasteiger partial charge on any atom is 0.230 e. The molecule has 0 bridgehead atoms. The van der Waals surface area contributed by atoms with Crippen LogP contribution in [0, 0.1) is 19.7 Å². The molecule has 0 aliphatic heterocycles. The van der Waals surface area contributed by atoms with Crippen molar-refractivity contribution < 1.29 is 9.18 Å². The maximum atomic E-state index is 12.9. The number of hydrogen-bond donors (Lipinski definition) is 1. The number of amides is 1. The van der Waals surface area contributed by atoms with Crippen LogP contribution in [0.1, 0.15) is 16.7 Å². The Balaban J connectivity index is 1.70. The minimum Gasteiger partial charge on any atom is -0.302 e. The lowest BCUT2D eigenvalue weighted by molar-refractivity contribution is -0.115. The van der Waals surface area contributed by atoms with Gasteiger partial charge < -0.3 is 5.32 Å². The zero-order valence-corrected chi connectivity index (χ0v) is 14.3. The van der Waals surface area contributed by atoms with Crippen molar-refractivity contribution in [2.24, 2.45) is 0 Å². The summed E-state index contributed by atoms with van der Waals surface area (Å²) in [6.45, 7) is 4.08. The summed E-state index contributed by atoms with van der Waals surface area (Å²) in [6, 6.07) is 12.1. The summed E-state index contributed by atoms with van der Waals surface area (Å²) in [5.41, 5.74) is 5.02. The number of carbonyl (C=O) groups is 1. The summed E-state index contributed by atoms with van der Waals surface area (Å²) in [7, 11) is 0. The Kier molecular flexibility index (Phi) is 4.71. The summed E-state index contributed by atoms with van der Waals surface area (Å²) in [6.07, 6.45) is 0.193. The third kappa shape index (κ3) is 3.86. The highest BCUT2D eigenvalue weighted by Gasteiger charge is 2.10. The van der Waals surface area contributed by atoms with E-state index < -0.39 is 0 Å². The largest absolute Gasteiger partial charge is 0.302 e. The molecule has 3 nitrogen and oxygen atoms in total. The Labute approximate surface area is 144 Å². The smallest absolute Gasteiger partial charge is 0.230 e. The van der Waals surface area contributed by atoms with Crippen molar-refractivity contribution in [3.63, 3.8) is 0 Å². The van der Waals surface area contributed by atoms with E-state index in [0.717, 1.165) is 22.4 Å². The quantitative estimate of drug-likeness (QED) is 0.745. The Bertz CT molecular complexity index is 871. The Hall–Kier alpha value is -2.53. The Morgan fingerprint density at radius 3 is 2.67 bits per heavy atom. The number of hydrogen-bond acceptors (Lipinski definition) is 3. The van der Waals surface area contributed by atoms with Crippen molar-refractivity contribution in [2.45, 2.75) is 20.3 Å². The van der Waals surface area contributed by atoms with Crippen LogP contribution in [0.2, 0.25) is 0 Å². The van der Waals surface area contributed by atoms with E-state index in [2.05, 4.69) is 28.5 Å². The fraction of sp³-hybridized carbons (Fsp3) is 0.158. The van der Waals surface area contributed by atoms with Crippen molar-refractivity contribution >= 4 is 22.4 Å². The number of aryl methyl sites for hydroxylation is 2. The maximum absolute atomic E-state index is 12.9. The van der Waals surface area contributed by atoms with Crippen molar-refractivity contribution in [3.05, 3.63) is 70.4 Å². The SMILES string of the molecule is Cc1ccc(C)c(-c2csc(NC(=O)Cc3ccc(F)cc3)n2)c1. The van der Waals surface area contributed by atoms with E-state index in [1.165, 1.54) is 29.0 Å². The average Bonchev–Trinajstić information content (AvgIpc) is 3.00. The van der Waals surface area contributed by atoms with Gasteiger partial charge >= 0.3 is 0 Å². The second kappa shape index (κ2) is 6.93. The normalized spacial score (nSPS) is 10.6. The fourth-order valence-electron chi connectivity index (χ4n) is 2.42. The van der Waals surface area contributed by atoms with Gasteiger partial charge in [-0.25, -0.2) is 9.37 Å². The minimum absolute atomic E-state index is 0.163. The van der Waals surface area contributed by atoms with Crippen LogP contribution in [0.25, 0.3) is 11.3 Å². The Morgan fingerprint density at radius 2 is 1.92 bits per heavy atom. The van der Waals surface area contributed by atoms with Gasteiger partial charge in [-0.15, -0.1) is 11.3 Å². The van der Waals surface area contributed by atoms with Crippen LogP contribution in [0.5, 0.6) is 0 Å². The molecule has 0 saturated heterocycles. The first-order valence-corrected chi connectivity index (χ1v) is 8.46. The van der Waals surface area contributed by atoms with Crippen LogP contribution >= 0.6 is 11.3 Å². The van der Waals surface area contributed by atoms with Crippen LogP contribution in [0.4, 0.5) is 9.52 Å². The van der Waals surface area contributed by atoms with Crippen molar-refractivity contribution in [1.29, 1.82) is 0 Å². The van der Waals surface area contributed by atoms with Gasteiger partial charge in [0.2, 0.25) is 5.91 Å². The summed E-state index contributed by atoms with van der Waals surface area (Å²) >= 11 is 1.40. The molecule has 0 fully saturated rings. The highest BCUT2D eigenvalue weighted by atomic mass is 32.1. The second-order valence-corrected chi connectivity index (χ2v) is 6.57. The molecule has 0 atom stereocenters. The molecule has 0 aliphatic rings. The number of aromatic nitrogens is 1. The zero-order chi connectivity index (χ0) is 17.1. The first-order valence-electron chi connectivity index (χ1n) is 7.59. The highest BCUT2D eigenvalue weighted by molar-refractivity contribution is 7.14. The van der Waals surface area contributed by atoms with Crippen LogP contribution < -0.4 is 5.32 Å². The first-order chi connectivity index (χ1) is 11.5. The van der Waals surface area contributed by atoms with Gasteiger partial charge in [-0.2, -0.15) is 0 Å². The van der Waals surface area contributed by atoms with Crippen molar-refractivity contribution in [3.8, 4) is 11.3 Å². The molecule has 24 heavy (non-hydrogen) atoms. The van der Waals surface area contributed by atoms with E-state index in [-0.39, 0.29) is 18.1 Å². The topological polar surface area (TPSA) is 42.0 Å². The molecule has 122 valence electrons. The van der Waals surface area contributed by atoms with E-state index in [1.54, 1.807) is 12.1 Å². The summed E-state index contributed by atoms with van der Waals surface area (Å²) in [5.74, 6) is -0.472. The second-order valence-electron chi connectivity index (χ2n) is 5.71. The first kappa shape index (κ1) is 16.3. The lowest BCUT2D eigenvalue weighted by atomic mass is 10.0. The Morgan fingerprint density at radius 1 is 1.17 bits per heavy atom. The third-order valence-electron chi connectivity index (χ3n) is 3.70. The van der Waals surface area contributed by atoms with Gasteiger partial charge in [0.1, 0.15) is 5.82 Å². The van der Waals surface area contributed by atoms with Crippen molar-refractivity contribution in [2.75, 3.05) is 5.32 Å². The van der Waals surface area contributed by atoms with E-state index >= 15 is 0 Å². The molecule has 1 heterocycles. The lowest BCUT2D eigenvalue weighted by Gasteiger charge is -2.04. The number of nitrogens with one attached hydrogen (secondary N) is 1. The van der Waals surface area contributed by atoms with Crippen LogP contribution in [0.15, 0.2) is 47.8 Å². The summed E-state index contributed by atoms with van der Waals surface area (Å²) < 4.78 is 12.9. The number of carbonyl (C=O) groups excluding carboxylic acids is 1. The average molecular weight is 340 g/mol. The van der Waals surface area contributed by atoms with E-state index in [4.69, 9.17) is 0 Å². The van der Waals surface area contributed by atoms with Gasteiger partial charge in [0, 0.05) is 10.9 Å². The molecule has 0 radical (unpaired) electrons. The number of nitrogens with zero attached hydrogens (tertiary/aromatic N) is 1. The van der Waals surface area contributed by atoms with Gasteiger partial charge in [-0.05, 0) is 43.2 Å². The molecule has 1 amide bonds. The monoisotopic (exact) mass is 340 g/mol. The van der Waals surface area contributed by atoms with Gasteiger partial charge in [0.05, 0.1) is 12.1 Å². The van der Waals surface area contributed by atoms with Gasteiger partial charge in [-0.1, -0.05) is 29.8 Å². The van der Waals surface area contributed by atoms with Gasteiger partial charge in [0.25, 0.3) is 0 Å². The number of anilines is 1. The van der Waals surface area contributed by atoms with Crippen LogP contribution in [0.3, 0.4) is 0 Å². The van der Waals surface area contributed by atoms with Crippen LogP contribution in [-0.4, -0.2) is 10.9 Å². The summed E-state index contributed by atoms with van der Waals surface area (Å²) in [4.78, 5) is 16.6. The van der Waals surface area contributed by atoms with Crippen molar-refractivity contribution in [1.82, 2.24) is 4.98 Å². The molecule has 0 saturated carbocycles. The van der Waals surface area contributed by atoms with Crippen LogP contribution in [-0.2, 0) is 11.2 Å². The molecule has 5 heteroatoms. The van der Waals surface area contributed by atoms with E-state index in [9.17, 15) is 9.18 Å². The molecule has 2 aromatic carbocycles. The lowest BCUT2D eigenvalue weighted by Crippen LogP contribution is -2.14. The summed E-state index contributed by atoms with van der Waals surface area (Å²) in [5, 5.41) is 5.31. The fourth-order valence-corrected chi connectivity index (χ4v) is 3.14. The number of rotatable bonds is 4. The molecule has 3 rings (SSSR count). The third-order valence-corrected chi connectivity index (χ3v) is 4.46. The molecular weight excluding hydrogens is 323 g/mol. The molecule has 0 unspecified atom stereocenters. The standard InChI is InChI=1S/C19H17FN2OS/c1-12-3-4-13(2)16(9-12)17-11-24-19(21-17)22-18(23)10-14-5-7-15(20)8-6-14/h3-9,11H,10H2,1-2H3,(H,21,22,23). The van der Waals surface area contributed by atoms with Gasteiger partial charge in [-0.3, -0.25) is 4.79 Å². The molecule has 3 aromatic rings. The molecule has 1 N–H and O–H groups in total. The molecular formula is C19H17FN2OS. The van der Waals surface area contributed by atoms with E-state index in [0.29, 0.717) is 5.13 Å². The predicted molar refractivity (Wildman–Crippen MR) is 95.8 cm³/mol. The van der Waals surface area contributed by atoms with Gasteiger partial charge in [0.15, 0.2) is 5.13 Å². The number of benzene rings is 2. The molecule has 1 aromatic heterocycles. The molecule has 0 aliphatic carbocycles. The highest BCUT2D eigenvalue weighted by Crippen LogP contribution is 2.28. The van der Waals surface area contributed by atoms with E-state index in [1.807, 2.05) is 19.2 Å². The minimum atomic E-state index is -0.308. The molecule has 0 spiro atoms. The number of halogens is 1. The number of thiazole rings is 1.